The van der Waals surface area contributed by atoms with Crippen LogP contribution < -0.4 is 10.1 Å². The number of rotatable bonds is 7. The molecule has 1 aromatic carbocycles. The van der Waals surface area contributed by atoms with E-state index in [0.29, 0.717) is 23.8 Å². The molecule has 0 bridgehead atoms. The number of carbonyl (C=O) groups is 2. The van der Waals surface area contributed by atoms with Crippen LogP contribution in [0.3, 0.4) is 0 Å². The molecule has 0 unspecified atom stereocenters. The van der Waals surface area contributed by atoms with Gasteiger partial charge in [-0.1, -0.05) is 31.9 Å². The number of nitrogens with zero attached hydrogens (tertiary/aromatic N) is 1. The summed E-state index contributed by atoms with van der Waals surface area (Å²) in [6.45, 7) is 4.02. The highest BCUT2D eigenvalue weighted by Crippen LogP contribution is 2.24. The summed E-state index contributed by atoms with van der Waals surface area (Å²) in [7, 11) is 0. The lowest BCUT2D eigenvalue weighted by Crippen LogP contribution is -2.41. The van der Waals surface area contributed by atoms with E-state index in [-0.39, 0.29) is 24.1 Å². The molecule has 0 spiro atoms. The minimum atomic E-state index is -0.429. The molecular formula is C21H26N2O4. The van der Waals surface area contributed by atoms with Crippen molar-refractivity contribution in [1.29, 1.82) is 5.26 Å². The molecule has 6 heteroatoms. The summed E-state index contributed by atoms with van der Waals surface area (Å²) in [6, 6.07) is 8.93. The summed E-state index contributed by atoms with van der Waals surface area (Å²) < 4.78 is 10.1. The smallest absolute Gasteiger partial charge is 0.344 e. The lowest BCUT2D eigenvalue weighted by Gasteiger charge is -2.29. The number of esters is 1. The van der Waals surface area contributed by atoms with Crippen molar-refractivity contribution in [2.75, 3.05) is 13.2 Å². The third-order valence-electron chi connectivity index (χ3n) is 4.65. The topological polar surface area (TPSA) is 88.4 Å². The first-order chi connectivity index (χ1) is 13.0. The fraction of sp³-hybridized carbons (Fsp3) is 0.476. The number of ether oxygens (including phenoxy) is 2. The van der Waals surface area contributed by atoms with E-state index < -0.39 is 5.97 Å². The molecule has 0 saturated heterocycles. The van der Waals surface area contributed by atoms with Crippen molar-refractivity contribution in [3.05, 3.63) is 35.4 Å². The Morgan fingerprint density at radius 3 is 2.59 bits per heavy atom. The zero-order valence-electron chi connectivity index (χ0n) is 15.9. The zero-order chi connectivity index (χ0) is 19.6. The summed E-state index contributed by atoms with van der Waals surface area (Å²) in [5.41, 5.74) is 0.787. The van der Waals surface area contributed by atoms with Gasteiger partial charge in [0.05, 0.1) is 6.61 Å². The first kappa shape index (κ1) is 20.5. The number of nitrogens with one attached hydrogen (secondary N) is 1. The minimum Gasteiger partial charge on any atom is -0.482 e. The number of hydrogen-bond donors (Lipinski definition) is 1. The Labute approximate surface area is 160 Å². The van der Waals surface area contributed by atoms with Crippen LogP contribution in [0.1, 0.15) is 45.1 Å². The van der Waals surface area contributed by atoms with Crippen LogP contribution in [0.2, 0.25) is 0 Å². The Morgan fingerprint density at radius 2 is 1.96 bits per heavy atom. The highest BCUT2D eigenvalue weighted by Gasteiger charge is 2.24. The quantitative estimate of drug-likeness (QED) is 0.452. The van der Waals surface area contributed by atoms with Crippen LogP contribution in [0.15, 0.2) is 29.8 Å². The fourth-order valence-corrected chi connectivity index (χ4v) is 3.10. The van der Waals surface area contributed by atoms with Gasteiger partial charge in [0, 0.05) is 6.04 Å². The van der Waals surface area contributed by atoms with E-state index >= 15 is 0 Å². The van der Waals surface area contributed by atoms with Crippen molar-refractivity contribution in [2.45, 2.75) is 45.6 Å². The van der Waals surface area contributed by atoms with Gasteiger partial charge in [0.1, 0.15) is 17.4 Å². The number of hydrogen-bond acceptors (Lipinski definition) is 5. The number of amides is 1. The van der Waals surface area contributed by atoms with E-state index in [1.165, 1.54) is 6.42 Å². The highest BCUT2D eigenvalue weighted by atomic mass is 16.6. The maximum absolute atomic E-state index is 12.4. The van der Waals surface area contributed by atoms with Gasteiger partial charge in [-0.15, -0.1) is 0 Å². The molecule has 0 aliphatic heterocycles. The van der Waals surface area contributed by atoms with Crippen LogP contribution in [0, 0.1) is 17.2 Å². The van der Waals surface area contributed by atoms with Crippen molar-refractivity contribution in [3.63, 3.8) is 0 Å². The standard InChI is InChI=1S/C21H26N2O4/c1-3-26-20(24)14-27-18-10-8-16(9-11-18)12-17(13-22)21(25)23-19-7-5-4-6-15(19)2/h8-12,15,19H,3-7,14H2,1-2H3,(H,23,25)/b17-12+/t15-,19-/m0/s1. The third-order valence-corrected chi connectivity index (χ3v) is 4.65. The molecule has 1 fully saturated rings. The van der Waals surface area contributed by atoms with Gasteiger partial charge in [0.2, 0.25) is 0 Å². The van der Waals surface area contributed by atoms with Crippen molar-refractivity contribution >= 4 is 18.0 Å². The lowest BCUT2D eigenvalue weighted by molar-refractivity contribution is -0.145. The molecule has 2 rings (SSSR count). The average Bonchev–Trinajstić information content (AvgIpc) is 2.67. The van der Waals surface area contributed by atoms with E-state index in [1.807, 2.05) is 6.07 Å². The van der Waals surface area contributed by atoms with Gasteiger partial charge < -0.3 is 14.8 Å². The maximum Gasteiger partial charge on any atom is 0.344 e. The van der Waals surface area contributed by atoms with Gasteiger partial charge in [-0.05, 0) is 49.5 Å². The average molecular weight is 370 g/mol. The number of benzene rings is 1. The van der Waals surface area contributed by atoms with Crippen LogP contribution in [0.25, 0.3) is 6.08 Å². The summed E-state index contributed by atoms with van der Waals surface area (Å²) in [5.74, 6) is 0.179. The van der Waals surface area contributed by atoms with E-state index in [0.717, 1.165) is 19.3 Å². The largest absolute Gasteiger partial charge is 0.482 e. The molecule has 0 heterocycles. The monoisotopic (exact) mass is 370 g/mol. The van der Waals surface area contributed by atoms with E-state index in [9.17, 15) is 14.9 Å². The zero-order valence-corrected chi connectivity index (χ0v) is 15.9. The minimum absolute atomic E-state index is 0.0768. The molecule has 144 valence electrons. The van der Waals surface area contributed by atoms with Crippen LogP contribution in [-0.4, -0.2) is 31.1 Å². The van der Waals surface area contributed by atoms with Gasteiger partial charge in [-0.3, -0.25) is 4.79 Å². The second-order valence-corrected chi connectivity index (χ2v) is 6.67. The van der Waals surface area contributed by atoms with Crippen molar-refractivity contribution < 1.29 is 19.1 Å². The van der Waals surface area contributed by atoms with Gasteiger partial charge >= 0.3 is 5.97 Å². The molecule has 1 N–H and O–H groups in total. The molecule has 1 aliphatic carbocycles. The summed E-state index contributed by atoms with van der Waals surface area (Å²) in [5, 5.41) is 12.3. The Balaban J connectivity index is 1.96. The fourth-order valence-electron chi connectivity index (χ4n) is 3.10. The van der Waals surface area contributed by atoms with Gasteiger partial charge in [0.15, 0.2) is 6.61 Å². The molecule has 0 aromatic heterocycles. The molecular weight excluding hydrogens is 344 g/mol. The van der Waals surface area contributed by atoms with Crippen LogP contribution in [-0.2, 0) is 14.3 Å². The predicted octanol–water partition coefficient (Wildman–Crippen LogP) is 3.23. The summed E-state index contributed by atoms with van der Waals surface area (Å²) in [4.78, 5) is 23.7. The second-order valence-electron chi connectivity index (χ2n) is 6.67. The van der Waals surface area contributed by atoms with E-state index in [4.69, 9.17) is 9.47 Å². The first-order valence-corrected chi connectivity index (χ1v) is 9.34. The van der Waals surface area contributed by atoms with Gasteiger partial charge in [0.25, 0.3) is 5.91 Å². The molecule has 0 radical (unpaired) electrons. The predicted molar refractivity (Wildman–Crippen MR) is 102 cm³/mol. The molecule has 1 amide bonds. The molecule has 1 saturated carbocycles. The van der Waals surface area contributed by atoms with Crippen LogP contribution in [0.4, 0.5) is 0 Å². The molecule has 6 nitrogen and oxygen atoms in total. The molecule has 27 heavy (non-hydrogen) atoms. The number of nitriles is 1. The summed E-state index contributed by atoms with van der Waals surface area (Å²) >= 11 is 0. The summed E-state index contributed by atoms with van der Waals surface area (Å²) in [6.07, 6.45) is 5.91. The van der Waals surface area contributed by atoms with Crippen molar-refractivity contribution in [1.82, 2.24) is 5.32 Å². The Kier molecular flexibility index (Phi) is 7.87. The lowest BCUT2D eigenvalue weighted by atomic mass is 9.86. The van der Waals surface area contributed by atoms with Crippen LogP contribution in [0.5, 0.6) is 5.75 Å². The SMILES string of the molecule is CCOC(=O)COc1ccc(/C=C(\C#N)C(=O)N[C@H]2CCCC[C@@H]2C)cc1. The van der Waals surface area contributed by atoms with Crippen molar-refractivity contribution in [3.8, 4) is 11.8 Å². The third kappa shape index (κ3) is 6.45. The molecule has 2 atom stereocenters. The Bertz CT molecular complexity index is 719. The van der Waals surface area contributed by atoms with Crippen molar-refractivity contribution in [2.24, 2.45) is 5.92 Å². The molecule has 1 aliphatic rings. The Morgan fingerprint density at radius 1 is 1.26 bits per heavy atom. The number of carbonyl (C=O) groups excluding carboxylic acids is 2. The van der Waals surface area contributed by atoms with E-state index in [2.05, 4.69) is 12.2 Å². The van der Waals surface area contributed by atoms with Gasteiger partial charge in [-0.2, -0.15) is 5.26 Å². The highest BCUT2D eigenvalue weighted by molar-refractivity contribution is 6.01. The maximum atomic E-state index is 12.4. The van der Waals surface area contributed by atoms with Gasteiger partial charge in [-0.25, -0.2) is 4.79 Å². The molecule has 1 aromatic rings. The normalized spacial score (nSPS) is 19.7. The second kappa shape index (κ2) is 10.4. The van der Waals surface area contributed by atoms with Crippen LogP contribution >= 0.6 is 0 Å². The Hall–Kier alpha value is -2.81. The first-order valence-electron chi connectivity index (χ1n) is 9.34. The van der Waals surface area contributed by atoms with E-state index in [1.54, 1.807) is 37.3 Å².